The Hall–Kier alpha value is -1.74. The Morgan fingerprint density at radius 3 is 2.72 bits per heavy atom. The van der Waals surface area contributed by atoms with E-state index in [1.807, 2.05) is 6.07 Å². The molecule has 0 saturated carbocycles. The quantitative estimate of drug-likeness (QED) is 0.831. The van der Waals surface area contributed by atoms with Crippen molar-refractivity contribution >= 4 is 0 Å². The molecule has 3 rings (SSSR count). The molecule has 0 saturated heterocycles. The highest BCUT2D eigenvalue weighted by atomic mass is 19.1. The van der Waals surface area contributed by atoms with Gasteiger partial charge in [0.25, 0.3) is 0 Å². The number of nitrogens with zero attached hydrogens (tertiary/aromatic N) is 1. The second kappa shape index (κ2) is 4.86. The van der Waals surface area contributed by atoms with Crippen LogP contribution in [0.5, 0.6) is 0 Å². The third kappa shape index (κ3) is 2.27. The second-order valence-electron chi connectivity index (χ2n) is 4.59. The first kappa shape index (κ1) is 11.4. The van der Waals surface area contributed by atoms with Gasteiger partial charge in [-0.15, -0.1) is 0 Å². The largest absolute Gasteiger partial charge is 0.313 e. The molecular formula is C15H15FN2. The van der Waals surface area contributed by atoms with Crippen molar-refractivity contribution in [3.05, 3.63) is 53.5 Å². The second-order valence-corrected chi connectivity index (χ2v) is 4.59. The Morgan fingerprint density at radius 2 is 1.89 bits per heavy atom. The van der Waals surface area contributed by atoms with Gasteiger partial charge in [0.2, 0.25) is 0 Å². The van der Waals surface area contributed by atoms with E-state index in [9.17, 15) is 4.39 Å². The van der Waals surface area contributed by atoms with Gasteiger partial charge in [-0.05, 0) is 55.3 Å². The van der Waals surface area contributed by atoms with Gasteiger partial charge in [0.05, 0.1) is 5.69 Å². The van der Waals surface area contributed by atoms with Crippen LogP contribution in [-0.4, -0.2) is 11.5 Å². The summed E-state index contributed by atoms with van der Waals surface area (Å²) in [6, 6.07) is 10.6. The molecule has 18 heavy (non-hydrogen) atoms. The zero-order chi connectivity index (χ0) is 12.4. The summed E-state index contributed by atoms with van der Waals surface area (Å²) in [4.78, 5) is 4.71. The summed E-state index contributed by atoms with van der Waals surface area (Å²) in [7, 11) is 0. The molecule has 1 N–H and O–H groups in total. The summed E-state index contributed by atoms with van der Waals surface area (Å²) < 4.78 is 12.9. The lowest BCUT2D eigenvalue weighted by atomic mass is 10.1. The number of hydrogen-bond donors (Lipinski definition) is 1. The Bertz CT molecular complexity index is 549. The van der Waals surface area contributed by atoms with E-state index in [1.54, 1.807) is 12.1 Å². The van der Waals surface area contributed by atoms with E-state index < -0.39 is 0 Å². The maximum Gasteiger partial charge on any atom is 0.123 e. The average molecular weight is 242 g/mol. The molecule has 0 spiro atoms. The van der Waals surface area contributed by atoms with Crippen LogP contribution < -0.4 is 5.32 Å². The number of rotatable bonds is 1. The van der Waals surface area contributed by atoms with Crippen LogP contribution in [0.15, 0.2) is 36.4 Å². The van der Waals surface area contributed by atoms with Crippen molar-refractivity contribution in [1.82, 2.24) is 10.3 Å². The molecule has 0 bridgehead atoms. The lowest BCUT2D eigenvalue weighted by molar-refractivity contribution is 0.628. The predicted octanol–water partition coefficient (Wildman–Crippen LogP) is 2.92. The fourth-order valence-electron chi connectivity index (χ4n) is 2.29. The molecule has 0 amide bonds. The highest BCUT2D eigenvalue weighted by Gasteiger charge is 2.10. The lowest BCUT2D eigenvalue weighted by Crippen LogP contribution is -2.11. The maximum atomic E-state index is 12.9. The maximum absolute atomic E-state index is 12.9. The van der Waals surface area contributed by atoms with Crippen molar-refractivity contribution in [2.75, 3.05) is 6.54 Å². The summed E-state index contributed by atoms with van der Waals surface area (Å²) in [5, 5.41) is 3.38. The molecule has 0 fully saturated rings. The summed E-state index contributed by atoms with van der Waals surface area (Å²) >= 11 is 0. The van der Waals surface area contributed by atoms with Crippen molar-refractivity contribution in [3.63, 3.8) is 0 Å². The molecule has 1 aromatic heterocycles. The van der Waals surface area contributed by atoms with Crippen molar-refractivity contribution in [2.24, 2.45) is 0 Å². The monoisotopic (exact) mass is 242 g/mol. The first-order valence-electron chi connectivity index (χ1n) is 6.28. The molecule has 2 nitrogen and oxygen atoms in total. The van der Waals surface area contributed by atoms with Gasteiger partial charge in [0.15, 0.2) is 0 Å². The minimum Gasteiger partial charge on any atom is -0.313 e. The van der Waals surface area contributed by atoms with Gasteiger partial charge in [0.1, 0.15) is 5.82 Å². The van der Waals surface area contributed by atoms with E-state index >= 15 is 0 Å². The molecule has 0 aliphatic carbocycles. The summed E-state index contributed by atoms with van der Waals surface area (Å²) in [6.07, 6.45) is 2.13. The highest BCUT2D eigenvalue weighted by Crippen LogP contribution is 2.21. The number of nitrogens with one attached hydrogen (secondary N) is 1. The number of aryl methyl sites for hydroxylation is 1. The Labute approximate surface area is 106 Å². The number of hydrogen-bond acceptors (Lipinski definition) is 2. The average Bonchev–Trinajstić information content (AvgIpc) is 2.64. The molecule has 2 heterocycles. The van der Waals surface area contributed by atoms with Crippen LogP contribution in [0.4, 0.5) is 4.39 Å². The predicted molar refractivity (Wildman–Crippen MR) is 69.7 cm³/mol. The molecule has 3 heteroatoms. The Kier molecular flexibility index (Phi) is 3.07. The molecule has 1 aromatic carbocycles. The number of halogens is 1. The van der Waals surface area contributed by atoms with Crippen LogP contribution >= 0.6 is 0 Å². The Balaban J connectivity index is 1.98. The van der Waals surface area contributed by atoms with E-state index in [-0.39, 0.29) is 5.82 Å². The molecular weight excluding hydrogens is 227 g/mol. The Morgan fingerprint density at radius 1 is 1.06 bits per heavy atom. The van der Waals surface area contributed by atoms with Gasteiger partial charge >= 0.3 is 0 Å². The summed E-state index contributed by atoms with van der Waals surface area (Å²) in [5.74, 6) is -0.210. The summed E-state index contributed by atoms with van der Waals surface area (Å²) in [5.41, 5.74) is 4.34. The third-order valence-electron chi connectivity index (χ3n) is 3.29. The fraction of sp³-hybridized carbons (Fsp3) is 0.267. The number of fused-ring (bicyclic) bond motifs is 1. The van der Waals surface area contributed by atoms with Gasteiger partial charge in [-0.1, -0.05) is 6.07 Å². The smallest absolute Gasteiger partial charge is 0.123 e. The normalized spacial score (nSPS) is 14.9. The van der Waals surface area contributed by atoms with Gasteiger partial charge < -0.3 is 5.32 Å². The topological polar surface area (TPSA) is 24.9 Å². The van der Waals surface area contributed by atoms with Crippen molar-refractivity contribution in [1.29, 1.82) is 0 Å². The fourth-order valence-corrected chi connectivity index (χ4v) is 2.29. The minimum atomic E-state index is -0.210. The highest BCUT2D eigenvalue weighted by molar-refractivity contribution is 5.59. The van der Waals surface area contributed by atoms with E-state index in [0.29, 0.717) is 0 Å². The molecule has 0 unspecified atom stereocenters. The van der Waals surface area contributed by atoms with Crippen LogP contribution in [0.25, 0.3) is 11.3 Å². The molecule has 2 aromatic rings. The summed E-state index contributed by atoms with van der Waals surface area (Å²) in [6.45, 7) is 1.94. The van der Waals surface area contributed by atoms with Crippen LogP contribution in [-0.2, 0) is 13.0 Å². The molecule has 0 atom stereocenters. The van der Waals surface area contributed by atoms with Gasteiger partial charge in [-0.25, -0.2) is 4.39 Å². The lowest BCUT2D eigenvalue weighted by Gasteiger charge is -2.07. The van der Waals surface area contributed by atoms with Crippen LogP contribution in [0.1, 0.15) is 17.7 Å². The first-order valence-corrected chi connectivity index (χ1v) is 6.28. The zero-order valence-corrected chi connectivity index (χ0v) is 10.1. The van der Waals surface area contributed by atoms with Crippen molar-refractivity contribution < 1.29 is 4.39 Å². The molecule has 0 radical (unpaired) electrons. The molecule has 1 aliphatic rings. The number of benzene rings is 1. The first-order chi connectivity index (χ1) is 8.83. The number of pyridine rings is 1. The van der Waals surface area contributed by atoms with Crippen LogP contribution in [0.2, 0.25) is 0 Å². The number of aromatic nitrogens is 1. The van der Waals surface area contributed by atoms with Crippen LogP contribution in [0, 0.1) is 5.82 Å². The van der Waals surface area contributed by atoms with Gasteiger partial charge in [-0.2, -0.15) is 0 Å². The standard InChI is InChI=1S/C15H15FN2/c16-13-6-3-11(4-7-13)15-8-5-12-10-17-9-1-2-14(12)18-15/h3-8,17H,1-2,9-10H2. The van der Waals surface area contributed by atoms with Crippen LogP contribution in [0.3, 0.4) is 0 Å². The SMILES string of the molecule is Fc1ccc(-c2ccc3c(n2)CCCNC3)cc1. The third-order valence-corrected chi connectivity index (χ3v) is 3.29. The van der Waals surface area contributed by atoms with Crippen molar-refractivity contribution in [3.8, 4) is 11.3 Å². The van der Waals surface area contributed by atoms with E-state index in [2.05, 4.69) is 11.4 Å². The van der Waals surface area contributed by atoms with E-state index in [1.165, 1.54) is 23.4 Å². The van der Waals surface area contributed by atoms with Gasteiger partial charge in [0, 0.05) is 17.8 Å². The zero-order valence-electron chi connectivity index (χ0n) is 10.1. The molecule has 92 valence electrons. The van der Waals surface area contributed by atoms with E-state index in [0.717, 1.165) is 37.2 Å². The molecule has 1 aliphatic heterocycles. The van der Waals surface area contributed by atoms with Crippen molar-refractivity contribution in [2.45, 2.75) is 19.4 Å². The minimum absolute atomic E-state index is 0.210. The van der Waals surface area contributed by atoms with Gasteiger partial charge in [-0.3, -0.25) is 4.98 Å². The van der Waals surface area contributed by atoms with E-state index in [4.69, 9.17) is 4.98 Å².